The summed E-state index contributed by atoms with van der Waals surface area (Å²) in [6.45, 7) is 7.61. The van der Waals surface area contributed by atoms with E-state index in [1.165, 1.54) is 6.92 Å². The molecule has 2 nitrogen and oxygen atoms in total. The average molecular weight is 209 g/mol. The Labute approximate surface area is 85.0 Å². The monoisotopic (exact) mass is 209 g/mol. The van der Waals surface area contributed by atoms with Crippen molar-refractivity contribution in [2.75, 3.05) is 19.8 Å². The van der Waals surface area contributed by atoms with Crippen molar-refractivity contribution in [1.82, 2.24) is 5.32 Å². The van der Waals surface area contributed by atoms with E-state index in [0.29, 0.717) is 19.1 Å². The summed E-state index contributed by atoms with van der Waals surface area (Å²) in [5.41, 5.74) is 0. The van der Waals surface area contributed by atoms with Crippen molar-refractivity contribution in [2.24, 2.45) is 5.92 Å². The molecule has 0 aromatic carbocycles. The molecule has 0 amide bonds. The molecule has 0 aliphatic carbocycles. The summed E-state index contributed by atoms with van der Waals surface area (Å²) in [6.07, 6.45) is -1.50. The number of nitrogens with one attached hydrogen (secondary N) is 1. The highest BCUT2D eigenvalue weighted by atomic mass is 19.3. The molecule has 0 radical (unpaired) electrons. The molecule has 86 valence electrons. The molecule has 1 unspecified atom stereocenters. The lowest BCUT2D eigenvalue weighted by molar-refractivity contribution is 0.0938. The number of hydrogen-bond acceptors (Lipinski definition) is 2. The molecule has 0 heterocycles. The molecule has 0 fully saturated rings. The molecule has 0 bridgehead atoms. The summed E-state index contributed by atoms with van der Waals surface area (Å²) in [7, 11) is 0. The summed E-state index contributed by atoms with van der Waals surface area (Å²) in [4.78, 5) is 0. The van der Waals surface area contributed by atoms with E-state index in [0.717, 1.165) is 13.0 Å². The summed E-state index contributed by atoms with van der Waals surface area (Å²) >= 11 is 0. The Morgan fingerprint density at radius 2 is 1.86 bits per heavy atom. The van der Waals surface area contributed by atoms with E-state index in [1.54, 1.807) is 0 Å². The number of rotatable bonds is 8. The van der Waals surface area contributed by atoms with Crippen molar-refractivity contribution in [3.8, 4) is 0 Å². The molecule has 0 spiro atoms. The molecule has 4 heteroatoms. The van der Waals surface area contributed by atoms with Crippen LogP contribution in [0.15, 0.2) is 0 Å². The van der Waals surface area contributed by atoms with Crippen LogP contribution in [0.5, 0.6) is 0 Å². The standard InChI is InChI=1S/C10H21F2NO/c1-8(2)7-14-6-4-5-13-9(3)10(11)12/h8-10,13H,4-7H2,1-3H3. The van der Waals surface area contributed by atoms with Gasteiger partial charge < -0.3 is 10.1 Å². The third kappa shape index (κ3) is 8.38. The Balaban J connectivity index is 3.13. The first-order valence-electron chi connectivity index (χ1n) is 5.13. The van der Waals surface area contributed by atoms with Crippen LogP contribution in [-0.2, 0) is 4.74 Å². The maximum absolute atomic E-state index is 12.0. The van der Waals surface area contributed by atoms with Gasteiger partial charge in [0.1, 0.15) is 0 Å². The molecule has 0 aliphatic rings. The van der Waals surface area contributed by atoms with Crippen LogP contribution in [0.2, 0.25) is 0 Å². The quantitative estimate of drug-likeness (QED) is 0.619. The first-order chi connectivity index (χ1) is 6.54. The fourth-order valence-corrected chi connectivity index (χ4v) is 0.912. The van der Waals surface area contributed by atoms with Gasteiger partial charge in [-0.15, -0.1) is 0 Å². The number of ether oxygens (including phenoxy) is 1. The summed E-state index contributed by atoms with van der Waals surface area (Å²) in [6, 6.07) is -0.722. The van der Waals surface area contributed by atoms with E-state index in [4.69, 9.17) is 4.74 Å². The van der Waals surface area contributed by atoms with Crippen molar-refractivity contribution in [2.45, 2.75) is 39.7 Å². The van der Waals surface area contributed by atoms with Gasteiger partial charge in [0.25, 0.3) is 6.43 Å². The van der Waals surface area contributed by atoms with Gasteiger partial charge in [0, 0.05) is 13.2 Å². The van der Waals surface area contributed by atoms with Crippen LogP contribution in [0.25, 0.3) is 0 Å². The summed E-state index contributed by atoms with van der Waals surface area (Å²) in [5, 5.41) is 2.74. The van der Waals surface area contributed by atoms with Crippen LogP contribution >= 0.6 is 0 Å². The van der Waals surface area contributed by atoms with Crippen molar-refractivity contribution < 1.29 is 13.5 Å². The van der Waals surface area contributed by atoms with Gasteiger partial charge in [0.2, 0.25) is 0 Å². The van der Waals surface area contributed by atoms with Crippen molar-refractivity contribution in [3.63, 3.8) is 0 Å². The van der Waals surface area contributed by atoms with Gasteiger partial charge >= 0.3 is 0 Å². The van der Waals surface area contributed by atoms with Crippen LogP contribution < -0.4 is 5.32 Å². The van der Waals surface area contributed by atoms with Gasteiger partial charge in [-0.2, -0.15) is 0 Å². The summed E-state index contributed by atoms with van der Waals surface area (Å²) in [5.74, 6) is 0.531. The zero-order valence-corrected chi connectivity index (χ0v) is 9.22. The van der Waals surface area contributed by atoms with E-state index in [2.05, 4.69) is 19.2 Å². The normalized spacial score (nSPS) is 13.9. The Bertz CT molecular complexity index is 131. The molecule has 14 heavy (non-hydrogen) atoms. The fourth-order valence-electron chi connectivity index (χ4n) is 0.912. The molecule has 1 N–H and O–H groups in total. The predicted molar refractivity (Wildman–Crippen MR) is 53.7 cm³/mol. The van der Waals surface area contributed by atoms with E-state index in [-0.39, 0.29) is 0 Å². The zero-order chi connectivity index (χ0) is 11.0. The van der Waals surface area contributed by atoms with Gasteiger partial charge in [0.15, 0.2) is 0 Å². The van der Waals surface area contributed by atoms with Crippen LogP contribution in [0.1, 0.15) is 27.2 Å². The molecule has 0 saturated carbocycles. The molecular formula is C10H21F2NO. The Morgan fingerprint density at radius 1 is 1.21 bits per heavy atom. The van der Waals surface area contributed by atoms with Crippen molar-refractivity contribution in [3.05, 3.63) is 0 Å². The average Bonchev–Trinajstić information content (AvgIpc) is 2.09. The smallest absolute Gasteiger partial charge is 0.253 e. The van der Waals surface area contributed by atoms with Crippen molar-refractivity contribution in [1.29, 1.82) is 0 Å². The van der Waals surface area contributed by atoms with E-state index < -0.39 is 12.5 Å². The molecular weight excluding hydrogens is 188 g/mol. The second-order valence-electron chi connectivity index (χ2n) is 3.90. The van der Waals surface area contributed by atoms with E-state index >= 15 is 0 Å². The van der Waals surface area contributed by atoms with Gasteiger partial charge in [-0.1, -0.05) is 13.8 Å². The van der Waals surface area contributed by atoms with Gasteiger partial charge in [-0.3, -0.25) is 0 Å². The Hall–Kier alpha value is -0.220. The minimum atomic E-state index is -2.29. The predicted octanol–water partition coefficient (Wildman–Crippen LogP) is 2.29. The molecule has 0 aliphatic heterocycles. The first-order valence-corrected chi connectivity index (χ1v) is 5.13. The topological polar surface area (TPSA) is 21.3 Å². The van der Waals surface area contributed by atoms with Crippen LogP contribution in [0.3, 0.4) is 0 Å². The SMILES string of the molecule is CC(C)COCCCNC(C)C(F)F. The highest BCUT2D eigenvalue weighted by molar-refractivity contribution is 4.61. The Morgan fingerprint density at radius 3 is 2.36 bits per heavy atom. The van der Waals surface area contributed by atoms with Crippen LogP contribution in [0, 0.1) is 5.92 Å². The number of hydrogen-bond donors (Lipinski definition) is 1. The molecule has 0 aromatic rings. The minimum Gasteiger partial charge on any atom is -0.381 e. The largest absolute Gasteiger partial charge is 0.381 e. The van der Waals surface area contributed by atoms with E-state index in [9.17, 15) is 8.78 Å². The van der Waals surface area contributed by atoms with Gasteiger partial charge in [0.05, 0.1) is 6.04 Å². The fraction of sp³-hybridized carbons (Fsp3) is 1.00. The lowest BCUT2D eigenvalue weighted by atomic mass is 10.2. The number of alkyl halides is 2. The minimum absolute atomic E-state index is 0.531. The van der Waals surface area contributed by atoms with Crippen LogP contribution in [0.4, 0.5) is 8.78 Å². The lowest BCUT2D eigenvalue weighted by Crippen LogP contribution is -2.33. The third-order valence-electron chi connectivity index (χ3n) is 1.76. The molecule has 1 atom stereocenters. The third-order valence-corrected chi connectivity index (χ3v) is 1.76. The summed E-state index contributed by atoms with van der Waals surface area (Å²) < 4.78 is 29.3. The lowest BCUT2D eigenvalue weighted by Gasteiger charge is -2.12. The van der Waals surface area contributed by atoms with E-state index in [1.807, 2.05) is 0 Å². The second-order valence-corrected chi connectivity index (χ2v) is 3.90. The maximum atomic E-state index is 12.0. The number of halogens is 2. The molecule has 0 rings (SSSR count). The highest BCUT2D eigenvalue weighted by Gasteiger charge is 2.12. The second kappa shape index (κ2) is 8.12. The van der Waals surface area contributed by atoms with Gasteiger partial charge in [-0.25, -0.2) is 8.78 Å². The van der Waals surface area contributed by atoms with Gasteiger partial charge in [-0.05, 0) is 25.8 Å². The Kier molecular flexibility index (Phi) is 7.99. The maximum Gasteiger partial charge on any atom is 0.253 e. The molecule has 0 saturated heterocycles. The van der Waals surface area contributed by atoms with Crippen LogP contribution in [-0.4, -0.2) is 32.2 Å². The molecule has 0 aromatic heterocycles. The highest BCUT2D eigenvalue weighted by Crippen LogP contribution is 1.99. The van der Waals surface area contributed by atoms with Crippen molar-refractivity contribution >= 4 is 0 Å². The zero-order valence-electron chi connectivity index (χ0n) is 9.22. The first kappa shape index (κ1) is 13.8.